The number of likely N-dealkylation sites (N-methyl/N-ethyl adjacent to an activating group) is 1. The highest BCUT2D eigenvalue weighted by Gasteiger charge is 2.16. The maximum Gasteiger partial charge on any atom is 0.242 e. The van der Waals surface area contributed by atoms with Crippen molar-refractivity contribution < 1.29 is 4.79 Å². The van der Waals surface area contributed by atoms with E-state index in [4.69, 9.17) is 11.6 Å². The lowest BCUT2D eigenvalue weighted by Gasteiger charge is -2.10. The molecule has 15 heavy (non-hydrogen) atoms. The highest BCUT2D eigenvalue weighted by molar-refractivity contribution is 9.10. The molecular formula is C11H13BrClNO. The van der Waals surface area contributed by atoms with Gasteiger partial charge in [-0.2, -0.15) is 0 Å². The number of aryl methyl sites for hydroxylation is 1. The van der Waals surface area contributed by atoms with Gasteiger partial charge in [-0.15, -0.1) is 11.6 Å². The molecule has 0 bridgehead atoms. The predicted molar refractivity (Wildman–Crippen MR) is 66.2 cm³/mol. The van der Waals surface area contributed by atoms with Crippen LogP contribution in [-0.4, -0.2) is 12.5 Å². The molecule has 0 aliphatic heterocycles. The number of amides is 1. The van der Waals surface area contributed by atoms with Crippen molar-refractivity contribution in [2.24, 2.45) is 0 Å². The second kappa shape index (κ2) is 5.52. The van der Waals surface area contributed by atoms with Gasteiger partial charge in [0.1, 0.15) is 5.38 Å². The fraction of sp³-hybridized carbons (Fsp3) is 0.364. The van der Waals surface area contributed by atoms with E-state index in [1.54, 1.807) is 0 Å². The van der Waals surface area contributed by atoms with Gasteiger partial charge >= 0.3 is 0 Å². The Bertz CT molecular complexity index is 368. The Balaban J connectivity index is 2.86. The fourth-order valence-electron chi connectivity index (χ4n) is 1.24. The van der Waals surface area contributed by atoms with E-state index in [9.17, 15) is 4.79 Å². The predicted octanol–water partition coefficient (Wildman–Crippen LogP) is 3.17. The summed E-state index contributed by atoms with van der Waals surface area (Å²) < 4.78 is 1.02. The van der Waals surface area contributed by atoms with Crippen LogP contribution < -0.4 is 5.32 Å². The number of hydrogen-bond donors (Lipinski definition) is 1. The molecule has 1 rings (SSSR count). The molecule has 82 valence electrons. The number of hydrogen-bond acceptors (Lipinski definition) is 1. The van der Waals surface area contributed by atoms with Crippen molar-refractivity contribution in [3.8, 4) is 0 Å². The summed E-state index contributed by atoms with van der Waals surface area (Å²) in [6.45, 7) is 4.43. The molecule has 4 heteroatoms. The summed E-state index contributed by atoms with van der Waals surface area (Å²) in [5, 5.41) is 2.08. The average molecular weight is 291 g/mol. The van der Waals surface area contributed by atoms with Crippen molar-refractivity contribution in [3.05, 3.63) is 33.8 Å². The molecule has 1 atom stereocenters. The van der Waals surface area contributed by atoms with E-state index in [1.165, 1.54) is 0 Å². The molecule has 0 saturated heterocycles. The highest BCUT2D eigenvalue weighted by atomic mass is 79.9. The third-order valence-corrected chi connectivity index (χ3v) is 3.40. The second-order valence-corrected chi connectivity index (χ2v) is 4.56. The molecule has 0 fully saturated rings. The Labute approximate surface area is 103 Å². The van der Waals surface area contributed by atoms with E-state index < -0.39 is 5.38 Å². The van der Waals surface area contributed by atoms with Crippen LogP contribution in [0, 0.1) is 6.92 Å². The Kier molecular flexibility index (Phi) is 4.61. The van der Waals surface area contributed by atoms with Crippen molar-refractivity contribution in [2.75, 3.05) is 6.54 Å². The first-order valence-electron chi connectivity index (χ1n) is 4.74. The molecule has 1 unspecified atom stereocenters. The van der Waals surface area contributed by atoms with E-state index in [1.807, 2.05) is 32.0 Å². The van der Waals surface area contributed by atoms with Gasteiger partial charge in [0.25, 0.3) is 0 Å². The quantitative estimate of drug-likeness (QED) is 0.851. The standard InChI is InChI=1S/C11H13BrClNO/c1-3-14-11(15)10(13)8-4-5-9(12)7(2)6-8/h4-6,10H,3H2,1-2H3,(H,14,15). The number of carbonyl (C=O) groups excluding carboxylic acids is 1. The van der Waals surface area contributed by atoms with E-state index in [2.05, 4.69) is 21.2 Å². The fourth-order valence-corrected chi connectivity index (χ4v) is 1.70. The molecular weight excluding hydrogens is 277 g/mol. The lowest BCUT2D eigenvalue weighted by molar-refractivity contribution is -0.120. The van der Waals surface area contributed by atoms with Gasteiger partial charge in [0.15, 0.2) is 0 Å². The van der Waals surface area contributed by atoms with Crippen LogP contribution in [0.1, 0.15) is 23.4 Å². The summed E-state index contributed by atoms with van der Waals surface area (Å²) >= 11 is 9.44. The van der Waals surface area contributed by atoms with Gasteiger partial charge in [-0.1, -0.05) is 28.1 Å². The number of benzene rings is 1. The minimum atomic E-state index is -0.614. The molecule has 0 heterocycles. The first-order valence-corrected chi connectivity index (χ1v) is 5.97. The van der Waals surface area contributed by atoms with Crippen LogP contribution >= 0.6 is 27.5 Å². The van der Waals surface area contributed by atoms with Crippen LogP contribution in [0.3, 0.4) is 0 Å². The van der Waals surface area contributed by atoms with Crippen molar-refractivity contribution in [3.63, 3.8) is 0 Å². The summed E-state index contributed by atoms with van der Waals surface area (Å²) in [4.78, 5) is 11.5. The molecule has 0 aliphatic rings. The zero-order valence-corrected chi connectivity index (χ0v) is 11.0. The summed E-state index contributed by atoms with van der Waals surface area (Å²) in [5.74, 6) is -0.152. The van der Waals surface area contributed by atoms with Crippen LogP contribution in [0.25, 0.3) is 0 Å². The first-order chi connectivity index (χ1) is 7.06. The lowest BCUT2D eigenvalue weighted by Crippen LogP contribution is -2.26. The molecule has 0 saturated carbocycles. The Hall–Kier alpha value is -0.540. The van der Waals surface area contributed by atoms with Crippen molar-refractivity contribution in [2.45, 2.75) is 19.2 Å². The van der Waals surface area contributed by atoms with Gasteiger partial charge in [0.2, 0.25) is 5.91 Å². The van der Waals surface area contributed by atoms with Gasteiger partial charge in [0, 0.05) is 11.0 Å². The minimum absolute atomic E-state index is 0.152. The lowest BCUT2D eigenvalue weighted by atomic mass is 10.1. The highest BCUT2D eigenvalue weighted by Crippen LogP contribution is 2.25. The number of halogens is 2. The minimum Gasteiger partial charge on any atom is -0.355 e. The van der Waals surface area contributed by atoms with E-state index in [-0.39, 0.29) is 5.91 Å². The summed E-state index contributed by atoms with van der Waals surface area (Å²) in [6, 6.07) is 5.67. The molecule has 0 aromatic heterocycles. The van der Waals surface area contributed by atoms with Crippen LogP contribution in [0.2, 0.25) is 0 Å². The number of rotatable bonds is 3. The average Bonchev–Trinajstić information content (AvgIpc) is 2.21. The van der Waals surface area contributed by atoms with Crippen LogP contribution in [-0.2, 0) is 4.79 Å². The zero-order valence-electron chi connectivity index (χ0n) is 8.68. The Morgan fingerprint density at radius 1 is 1.60 bits per heavy atom. The first kappa shape index (κ1) is 12.5. The number of alkyl halides is 1. The smallest absolute Gasteiger partial charge is 0.242 e. The van der Waals surface area contributed by atoms with Gasteiger partial charge in [-0.3, -0.25) is 4.79 Å². The largest absolute Gasteiger partial charge is 0.355 e. The maximum atomic E-state index is 11.5. The molecule has 0 radical (unpaired) electrons. The molecule has 0 spiro atoms. The monoisotopic (exact) mass is 289 g/mol. The molecule has 2 nitrogen and oxygen atoms in total. The molecule has 1 amide bonds. The van der Waals surface area contributed by atoms with Crippen molar-refractivity contribution >= 4 is 33.4 Å². The third kappa shape index (κ3) is 3.21. The van der Waals surface area contributed by atoms with E-state index in [0.29, 0.717) is 6.54 Å². The normalized spacial score (nSPS) is 12.3. The van der Waals surface area contributed by atoms with Gasteiger partial charge < -0.3 is 5.32 Å². The van der Waals surface area contributed by atoms with Crippen LogP contribution in [0.5, 0.6) is 0 Å². The molecule has 1 N–H and O–H groups in total. The Morgan fingerprint density at radius 2 is 2.27 bits per heavy atom. The summed E-state index contributed by atoms with van der Waals surface area (Å²) in [5.41, 5.74) is 1.89. The molecule has 1 aromatic rings. The van der Waals surface area contributed by atoms with Crippen LogP contribution in [0.15, 0.2) is 22.7 Å². The van der Waals surface area contributed by atoms with E-state index in [0.717, 1.165) is 15.6 Å². The summed E-state index contributed by atoms with van der Waals surface area (Å²) in [6.07, 6.45) is 0. The molecule has 0 aliphatic carbocycles. The summed E-state index contributed by atoms with van der Waals surface area (Å²) in [7, 11) is 0. The Morgan fingerprint density at radius 3 is 2.80 bits per heavy atom. The third-order valence-electron chi connectivity index (χ3n) is 2.06. The van der Waals surface area contributed by atoms with Crippen molar-refractivity contribution in [1.82, 2.24) is 5.32 Å². The van der Waals surface area contributed by atoms with Crippen LogP contribution in [0.4, 0.5) is 0 Å². The zero-order chi connectivity index (χ0) is 11.4. The SMILES string of the molecule is CCNC(=O)C(Cl)c1ccc(Br)c(C)c1. The van der Waals surface area contributed by atoms with Crippen molar-refractivity contribution in [1.29, 1.82) is 0 Å². The molecule has 1 aromatic carbocycles. The van der Waals surface area contributed by atoms with Gasteiger partial charge in [-0.05, 0) is 31.0 Å². The maximum absolute atomic E-state index is 11.5. The van der Waals surface area contributed by atoms with Gasteiger partial charge in [-0.25, -0.2) is 0 Å². The second-order valence-electron chi connectivity index (χ2n) is 3.27. The number of carbonyl (C=O) groups is 1. The topological polar surface area (TPSA) is 29.1 Å². The van der Waals surface area contributed by atoms with E-state index >= 15 is 0 Å². The number of nitrogens with one attached hydrogen (secondary N) is 1. The van der Waals surface area contributed by atoms with Gasteiger partial charge in [0.05, 0.1) is 0 Å².